The molecule has 7 fully saturated rings. The number of hydrogen-bond donors (Lipinski definition) is 11. The number of aliphatic carboxylic acids is 1. The molecule has 1 aromatic carbocycles. The normalized spacial score (nSPS) is 47.3. The molecule has 11 N–H and O–H groups in total. The van der Waals surface area contributed by atoms with Crippen molar-refractivity contribution < 1.29 is 104 Å². The van der Waals surface area contributed by atoms with E-state index in [1.54, 1.807) is 12.1 Å². The van der Waals surface area contributed by atoms with Gasteiger partial charge in [-0.2, -0.15) is 0 Å². The predicted octanol–water partition coefficient (Wildman–Crippen LogP) is 1.81. The van der Waals surface area contributed by atoms with Gasteiger partial charge in [-0.25, -0.2) is 9.59 Å². The number of carboxylic acids is 1. The van der Waals surface area contributed by atoms with E-state index in [4.69, 9.17) is 33.2 Å². The highest BCUT2D eigenvalue weighted by Crippen LogP contribution is 2.76. The zero-order valence-corrected chi connectivity index (χ0v) is 44.8. The minimum absolute atomic E-state index is 0.00123. The van der Waals surface area contributed by atoms with Crippen molar-refractivity contribution in [1.29, 1.82) is 0 Å². The molecule has 3 aliphatic heterocycles. The second-order valence-electron chi connectivity index (χ2n) is 25.5. The molecule has 3 heterocycles. The minimum Gasteiger partial charge on any atom is -0.508 e. The Hall–Kier alpha value is -3.65. The van der Waals surface area contributed by atoms with Gasteiger partial charge in [0.05, 0.1) is 25.4 Å². The van der Waals surface area contributed by atoms with Gasteiger partial charge in [-0.05, 0) is 126 Å². The van der Waals surface area contributed by atoms with Crippen LogP contribution in [-0.2, 0) is 47.5 Å². The number of carbonyl (C=O) groups is 3. The molecule has 23 atom stereocenters. The number of carbonyl (C=O) groups excluding carboxylic acids is 2. The van der Waals surface area contributed by atoms with Crippen LogP contribution in [0.15, 0.2) is 42.0 Å². The summed E-state index contributed by atoms with van der Waals surface area (Å²) in [6.07, 6.45) is -16.2. The van der Waals surface area contributed by atoms with Crippen LogP contribution in [0.2, 0.25) is 0 Å². The van der Waals surface area contributed by atoms with Gasteiger partial charge < -0.3 is 89.3 Å². The Balaban J connectivity index is 1.00. The first-order valence-corrected chi connectivity index (χ1v) is 27.2. The average molecular weight is 1090 g/mol. The molecule has 0 radical (unpaired) electrons. The zero-order valence-electron chi connectivity index (χ0n) is 44.8. The first-order chi connectivity index (χ1) is 36.0. The second-order valence-corrected chi connectivity index (χ2v) is 25.5. The molecule has 5 aliphatic carbocycles. The van der Waals surface area contributed by atoms with E-state index >= 15 is 4.79 Å². The number of aliphatic hydroxyl groups excluding tert-OH is 9. The molecule has 0 bridgehead atoms. The van der Waals surface area contributed by atoms with E-state index in [9.17, 15) is 65.8 Å². The lowest BCUT2D eigenvalue weighted by Crippen LogP contribution is -2.68. The van der Waals surface area contributed by atoms with Crippen LogP contribution in [-0.4, -0.2) is 186 Å². The summed E-state index contributed by atoms with van der Waals surface area (Å²) >= 11 is 0. The number of esters is 2. The lowest BCUT2D eigenvalue weighted by atomic mass is 9.33. The number of phenolic OH excluding ortho intramolecular Hbond substituents is 1. The molecule has 0 aromatic heterocycles. The second kappa shape index (κ2) is 21.0. The number of aromatic hydroxyl groups is 1. The summed E-state index contributed by atoms with van der Waals surface area (Å²) < 4.78 is 41.9. The van der Waals surface area contributed by atoms with E-state index < -0.39 is 157 Å². The van der Waals surface area contributed by atoms with Gasteiger partial charge in [-0.1, -0.05) is 72.2 Å². The van der Waals surface area contributed by atoms with E-state index in [-0.39, 0.29) is 41.3 Å². The molecule has 21 heteroatoms. The van der Waals surface area contributed by atoms with Gasteiger partial charge in [-0.15, -0.1) is 0 Å². The number of hydrogen-bond acceptors (Lipinski definition) is 20. The smallest absolute Gasteiger partial charge is 0.335 e. The summed E-state index contributed by atoms with van der Waals surface area (Å²) in [4.78, 5) is 41.2. The van der Waals surface area contributed by atoms with Crippen molar-refractivity contribution in [2.45, 2.75) is 204 Å². The number of aliphatic hydroxyl groups is 9. The Morgan fingerprint density at radius 2 is 1.38 bits per heavy atom. The van der Waals surface area contributed by atoms with E-state index in [2.05, 4.69) is 54.5 Å². The molecule has 0 spiro atoms. The van der Waals surface area contributed by atoms with Crippen LogP contribution in [0.1, 0.15) is 112 Å². The summed E-state index contributed by atoms with van der Waals surface area (Å²) in [5.74, 6) is -3.66. The van der Waals surface area contributed by atoms with E-state index in [0.717, 1.165) is 24.5 Å². The largest absolute Gasteiger partial charge is 0.508 e. The van der Waals surface area contributed by atoms with Crippen LogP contribution in [0.5, 0.6) is 5.75 Å². The van der Waals surface area contributed by atoms with Crippen molar-refractivity contribution in [1.82, 2.24) is 0 Å². The molecule has 3 saturated heterocycles. The van der Waals surface area contributed by atoms with Crippen molar-refractivity contribution in [3.8, 4) is 5.75 Å². The number of rotatable bonds is 11. The Labute approximate surface area is 447 Å². The number of fused-ring (bicyclic) bond motifs is 7. The van der Waals surface area contributed by atoms with Crippen LogP contribution in [0.4, 0.5) is 0 Å². The van der Waals surface area contributed by atoms with Gasteiger partial charge in [0, 0.05) is 6.08 Å². The number of ether oxygens (including phenoxy) is 7. The third kappa shape index (κ3) is 9.78. The number of phenols is 1. The van der Waals surface area contributed by atoms with Gasteiger partial charge in [0.2, 0.25) is 6.29 Å². The van der Waals surface area contributed by atoms with Crippen molar-refractivity contribution in [2.24, 2.45) is 50.2 Å². The summed E-state index contributed by atoms with van der Waals surface area (Å²) in [6.45, 7) is 14.0. The van der Waals surface area contributed by atoms with E-state index in [0.29, 0.717) is 37.7 Å². The molecule has 1 aromatic rings. The maximum atomic E-state index is 15.5. The number of carboxylic acid groups (broad SMARTS) is 1. The zero-order chi connectivity index (χ0) is 56.1. The first-order valence-electron chi connectivity index (χ1n) is 27.2. The highest BCUT2D eigenvalue weighted by Gasteiger charge is 2.72. The Morgan fingerprint density at radius 3 is 2.04 bits per heavy atom. The van der Waals surface area contributed by atoms with Crippen LogP contribution in [0.3, 0.4) is 0 Å². The average Bonchev–Trinajstić information content (AvgIpc) is 3.45. The topological polar surface area (TPSA) is 338 Å². The fourth-order valence-electron chi connectivity index (χ4n) is 15.9. The highest BCUT2D eigenvalue weighted by molar-refractivity contribution is 5.87. The maximum Gasteiger partial charge on any atom is 0.335 e. The molecule has 21 nitrogen and oxygen atoms in total. The monoisotopic (exact) mass is 1090 g/mol. The van der Waals surface area contributed by atoms with Crippen molar-refractivity contribution >= 4 is 24.0 Å². The summed E-state index contributed by atoms with van der Waals surface area (Å²) in [6, 6.07) is 5.92. The minimum atomic E-state index is -1.91. The van der Waals surface area contributed by atoms with Crippen LogP contribution in [0, 0.1) is 50.2 Å². The quantitative estimate of drug-likeness (QED) is 0.0651. The standard InChI is InChI=1S/C56H80O21/c1-51(2)20-21-56(50(70)77-49-45(74-36(61)15-10-26-8-11-27(58)12-9-26)43(30(59)25-71-49)75-47-41(66)38(63)37(62)31(24-57)72-47)29(22-51)28-13-14-33-53(5)18-17-35(73-48-42(67)39(64)40(65)44(76-48)46(68)69)52(3,4)32(53)16-19-54(33,6)55(28,7)23-34(56)60/h8-13,15,29-35,37-45,47-49,57-60,62-67H,14,16-25H2,1-7H3,(H,68,69)/b15-10+/t29-,30-,31+,32-,33+,34+,35-,37+,38-,39-,40-,41+,42+,43-,44-,45+,47+,48-,49-,53-,54+,55+,56+/m0/s1. The summed E-state index contributed by atoms with van der Waals surface area (Å²) in [5, 5.41) is 118. The molecule has 8 aliphatic rings. The predicted molar refractivity (Wildman–Crippen MR) is 267 cm³/mol. The molecule has 9 rings (SSSR count). The third-order valence-corrected chi connectivity index (χ3v) is 20.4. The van der Waals surface area contributed by atoms with Crippen LogP contribution >= 0.6 is 0 Å². The molecule has 77 heavy (non-hydrogen) atoms. The lowest BCUT2D eigenvalue weighted by Gasteiger charge is -2.71. The first kappa shape index (κ1) is 58.0. The SMILES string of the molecule is CC1(C)CC[C@]2(C(=O)O[C@@H]3OC[C@H](O)[C@H](O[C@H]4O[C@H](CO)[C@@H](O)[C@H](O)[C@H]4O)[C@H]3OC(=O)/C=C/c3ccc(O)cc3)[C@H](O)C[C@]3(C)C(=CC[C@@H]4[C@@]5(C)CC[C@H](O[C@H]6O[C@H](C(=O)O)[C@@H](O)[C@H](O)[C@H]6O)C(C)(C)[C@@H]5CC[C@]43C)[C@@H]2C1. The molecular weight excluding hydrogens is 1010 g/mol. The molecule has 430 valence electrons. The molecular formula is C56H80O21. The van der Waals surface area contributed by atoms with E-state index in [1.165, 1.54) is 18.2 Å². The molecule has 0 unspecified atom stereocenters. The van der Waals surface area contributed by atoms with Gasteiger partial charge in [0.15, 0.2) is 24.8 Å². The molecule has 4 saturated carbocycles. The van der Waals surface area contributed by atoms with Gasteiger partial charge >= 0.3 is 17.9 Å². The summed E-state index contributed by atoms with van der Waals surface area (Å²) in [7, 11) is 0. The van der Waals surface area contributed by atoms with E-state index in [1.807, 2.05) is 0 Å². The van der Waals surface area contributed by atoms with Crippen molar-refractivity contribution in [2.75, 3.05) is 13.2 Å². The Bertz CT molecular complexity index is 2410. The molecule has 0 amide bonds. The fourth-order valence-corrected chi connectivity index (χ4v) is 15.9. The van der Waals surface area contributed by atoms with Crippen molar-refractivity contribution in [3.63, 3.8) is 0 Å². The van der Waals surface area contributed by atoms with Crippen LogP contribution < -0.4 is 0 Å². The van der Waals surface area contributed by atoms with Crippen molar-refractivity contribution in [3.05, 3.63) is 47.6 Å². The Kier molecular flexibility index (Phi) is 15.8. The maximum absolute atomic E-state index is 15.5. The number of benzene rings is 1. The highest BCUT2D eigenvalue weighted by atomic mass is 16.8. The van der Waals surface area contributed by atoms with Crippen LogP contribution in [0.25, 0.3) is 6.08 Å². The van der Waals surface area contributed by atoms with Gasteiger partial charge in [-0.3, -0.25) is 4.79 Å². The fraction of sp³-hybridized carbons (Fsp3) is 0.768. The lowest BCUT2D eigenvalue weighted by molar-refractivity contribution is -0.347. The third-order valence-electron chi connectivity index (χ3n) is 20.4. The number of allylic oxidation sites excluding steroid dienone is 2. The van der Waals surface area contributed by atoms with Gasteiger partial charge in [0.25, 0.3) is 0 Å². The summed E-state index contributed by atoms with van der Waals surface area (Å²) in [5.41, 5.74) is -2.05. The van der Waals surface area contributed by atoms with Gasteiger partial charge in [0.1, 0.15) is 66.1 Å². The Morgan fingerprint density at radius 1 is 0.714 bits per heavy atom.